The van der Waals surface area contributed by atoms with Crippen LogP contribution in [0.15, 0.2) is 65.5 Å². The van der Waals surface area contributed by atoms with Gasteiger partial charge in [0.2, 0.25) is 0 Å². The standard InChI is InChI=1S/C27H22ClFN2O4/c28-18-6-9-22-23(14-18)30(19-7-4-16(5-8-19)17-10-13-35-15-17)26(34)31(22)27(11-12-27)21-3-1-2-20(24(21)29)25(32)33/h1-9,14,17H,10-13,15H2,(H,32,33). The van der Waals surface area contributed by atoms with Gasteiger partial charge >= 0.3 is 11.7 Å². The summed E-state index contributed by atoms with van der Waals surface area (Å²) in [6.45, 7) is 1.44. The van der Waals surface area contributed by atoms with E-state index < -0.39 is 22.9 Å². The molecule has 1 atom stereocenters. The Labute approximate surface area is 205 Å². The summed E-state index contributed by atoms with van der Waals surface area (Å²) in [4.78, 5) is 25.5. The summed E-state index contributed by atoms with van der Waals surface area (Å²) in [5.41, 5.74) is 1.60. The van der Waals surface area contributed by atoms with Crippen molar-refractivity contribution in [2.24, 2.45) is 0 Å². The molecule has 1 saturated carbocycles. The number of benzene rings is 3. The Morgan fingerprint density at radius 1 is 1.09 bits per heavy atom. The summed E-state index contributed by atoms with van der Waals surface area (Å²) >= 11 is 6.31. The first-order valence-corrected chi connectivity index (χ1v) is 11.9. The second kappa shape index (κ2) is 8.07. The summed E-state index contributed by atoms with van der Waals surface area (Å²) in [5.74, 6) is -1.80. The van der Waals surface area contributed by atoms with Crippen LogP contribution in [0.3, 0.4) is 0 Å². The Morgan fingerprint density at radius 3 is 2.51 bits per heavy atom. The van der Waals surface area contributed by atoms with Gasteiger partial charge in [-0.15, -0.1) is 0 Å². The van der Waals surface area contributed by atoms with E-state index in [1.54, 1.807) is 33.4 Å². The summed E-state index contributed by atoms with van der Waals surface area (Å²) in [7, 11) is 0. The van der Waals surface area contributed by atoms with Gasteiger partial charge in [-0.05, 0) is 61.2 Å². The maximum atomic E-state index is 15.3. The molecular weight excluding hydrogens is 471 g/mol. The fourth-order valence-electron chi connectivity index (χ4n) is 5.32. The highest BCUT2D eigenvalue weighted by atomic mass is 35.5. The van der Waals surface area contributed by atoms with Crippen LogP contribution < -0.4 is 5.69 Å². The average Bonchev–Trinajstić information content (AvgIpc) is 3.31. The topological polar surface area (TPSA) is 73.5 Å². The fourth-order valence-corrected chi connectivity index (χ4v) is 5.48. The highest BCUT2D eigenvalue weighted by Gasteiger charge is 2.51. The molecular formula is C27H22ClFN2O4. The molecule has 4 aromatic rings. The summed E-state index contributed by atoms with van der Waals surface area (Å²) in [5, 5.41) is 9.90. The molecule has 1 aromatic heterocycles. The summed E-state index contributed by atoms with van der Waals surface area (Å²) < 4.78 is 24.0. The lowest BCUT2D eigenvalue weighted by Crippen LogP contribution is -2.33. The number of imidazole rings is 1. The van der Waals surface area contributed by atoms with Crippen LogP contribution in [-0.4, -0.2) is 33.4 Å². The van der Waals surface area contributed by atoms with Crippen molar-refractivity contribution in [3.8, 4) is 5.69 Å². The third-order valence-electron chi connectivity index (χ3n) is 7.24. The fraction of sp³-hybridized carbons (Fsp3) is 0.259. The SMILES string of the molecule is O=C(O)c1cccc(C2(n3c(=O)n(-c4ccc(C5CCOC5)cc4)c4cc(Cl)ccc43)CC2)c1F. The highest BCUT2D eigenvalue weighted by Crippen LogP contribution is 2.51. The number of carboxylic acid groups (broad SMARTS) is 1. The van der Waals surface area contributed by atoms with E-state index in [0.717, 1.165) is 18.6 Å². The van der Waals surface area contributed by atoms with Crippen LogP contribution >= 0.6 is 11.6 Å². The van der Waals surface area contributed by atoms with Gasteiger partial charge in [-0.25, -0.2) is 14.0 Å². The van der Waals surface area contributed by atoms with Crippen molar-refractivity contribution in [3.63, 3.8) is 0 Å². The Hall–Kier alpha value is -3.42. The Morgan fingerprint density at radius 2 is 1.86 bits per heavy atom. The predicted octanol–water partition coefficient (Wildman–Crippen LogP) is 5.32. The molecule has 2 aliphatic rings. The zero-order chi connectivity index (χ0) is 24.3. The first-order chi connectivity index (χ1) is 16.9. The number of hydrogen-bond acceptors (Lipinski definition) is 3. The largest absolute Gasteiger partial charge is 0.478 e. The zero-order valence-electron chi connectivity index (χ0n) is 18.7. The predicted molar refractivity (Wildman–Crippen MR) is 130 cm³/mol. The third kappa shape index (κ3) is 3.41. The van der Waals surface area contributed by atoms with E-state index in [4.69, 9.17) is 16.3 Å². The Balaban J connectivity index is 1.54. The Bertz CT molecular complexity index is 1530. The van der Waals surface area contributed by atoms with Crippen LogP contribution in [0.5, 0.6) is 0 Å². The average molecular weight is 493 g/mol. The third-order valence-corrected chi connectivity index (χ3v) is 7.47. The first-order valence-electron chi connectivity index (χ1n) is 11.5. The first kappa shape index (κ1) is 22.1. The number of rotatable bonds is 5. The smallest absolute Gasteiger partial charge is 0.338 e. The van der Waals surface area contributed by atoms with E-state index in [0.29, 0.717) is 47.1 Å². The number of halogens is 2. The summed E-state index contributed by atoms with van der Waals surface area (Å²) in [6.07, 6.45) is 2.02. The van der Waals surface area contributed by atoms with Gasteiger partial charge in [0.1, 0.15) is 5.82 Å². The second-order valence-corrected chi connectivity index (χ2v) is 9.68. The van der Waals surface area contributed by atoms with Gasteiger partial charge in [0.05, 0.1) is 34.4 Å². The van der Waals surface area contributed by atoms with Gasteiger partial charge < -0.3 is 9.84 Å². The van der Waals surface area contributed by atoms with Crippen LogP contribution in [0.2, 0.25) is 5.02 Å². The van der Waals surface area contributed by atoms with Crippen LogP contribution in [0.1, 0.15) is 46.7 Å². The van der Waals surface area contributed by atoms with Crippen molar-refractivity contribution in [2.45, 2.75) is 30.7 Å². The number of fused-ring (bicyclic) bond motifs is 1. The number of aromatic nitrogens is 2. The molecule has 6 nitrogen and oxygen atoms in total. The molecule has 2 fully saturated rings. The van der Waals surface area contributed by atoms with E-state index in [2.05, 4.69) is 0 Å². The lowest BCUT2D eigenvalue weighted by molar-refractivity contribution is 0.0691. The molecule has 1 N–H and O–H groups in total. The molecule has 0 spiro atoms. The number of carbonyl (C=O) groups is 1. The van der Waals surface area contributed by atoms with Gasteiger partial charge in [0.25, 0.3) is 0 Å². The molecule has 2 heterocycles. The van der Waals surface area contributed by atoms with Crippen molar-refractivity contribution in [2.75, 3.05) is 13.2 Å². The van der Waals surface area contributed by atoms with Crippen LogP contribution in [0.25, 0.3) is 16.7 Å². The lowest BCUT2D eigenvalue weighted by atomic mass is 9.98. The second-order valence-electron chi connectivity index (χ2n) is 9.24. The molecule has 0 bridgehead atoms. The molecule has 1 aliphatic heterocycles. The Kier molecular flexibility index (Phi) is 5.09. The van der Waals surface area contributed by atoms with E-state index in [-0.39, 0.29) is 11.3 Å². The van der Waals surface area contributed by atoms with Crippen LogP contribution in [-0.2, 0) is 10.3 Å². The molecule has 1 saturated heterocycles. The molecule has 0 radical (unpaired) electrons. The van der Waals surface area contributed by atoms with Crippen molar-refractivity contribution in [1.29, 1.82) is 0 Å². The quantitative estimate of drug-likeness (QED) is 0.409. The molecule has 35 heavy (non-hydrogen) atoms. The van der Waals surface area contributed by atoms with Crippen molar-refractivity contribution >= 4 is 28.6 Å². The number of hydrogen-bond donors (Lipinski definition) is 1. The van der Waals surface area contributed by atoms with E-state index in [9.17, 15) is 14.7 Å². The number of nitrogens with zero attached hydrogens (tertiary/aromatic N) is 2. The van der Waals surface area contributed by atoms with Crippen molar-refractivity contribution in [1.82, 2.24) is 9.13 Å². The normalized spacial score (nSPS) is 18.7. The molecule has 0 amide bonds. The van der Waals surface area contributed by atoms with Gasteiger partial charge in [-0.3, -0.25) is 9.13 Å². The van der Waals surface area contributed by atoms with Crippen molar-refractivity contribution < 1.29 is 19.0 Å². The van der Waals surface area contributed by atoms with Crippen LogP contribution in [0.4, 0.5) is 4.39 Å². The lowest BCUT2D eigenvalue weighted by Gasteiger charge is -2.19. The molecule has 178 valence electrons. The molecule has 8 heteroatoms. The van der Waals surface area contributed by atoms with Crippen molar-refractivity contribution in [3.05, 3.63) is 98.7 Å². The van der Waals surface area contributed by atoms with Gasteiger partial charge in [-0.1, -0.05) is 35.9 Å². The van der Waals surface area contributed by atoms with E-state index in [1.165, 1.54) is 12.1 Å². The van der Waals surface area contributed by atoms with Crippen LogP contribution in [0, 0.1) is 5.82 Å². The maximum absolute atomic E-state index is 15.3. The number of ether oxygens (including phenoxy) is 1. The molecule has 3 aromatic carbocycles. The minimum Gasteiger partial charge on any atom is -0.478 e. The summed E-state index contributed by atoms with van der Waals surface area (Å²) in [6, 6.07) is 17.4. The maximum Gasteiger partial charge on any atom is 0.338 e. The highest BCUT2D eigenvalue weighted by molar-refractivity contribution is 6.31. The van der Waals surface area contributed by atoms with Gasteiger partial charge in [0, 0.05) is 23.1 Å². The number of carboxylic acids is 1. The molecule has 1 unspecified atom stereocenters. The van der Waals surface area contributed by atoms with Gasteiger partial charge in [0.15, 0.2) is 0 Å². The van der Waals surface area contributed by atoms with Gasteiger partial charge in [-0.2, -0.15) is 0 Å². The number of aromatic carboxylic acids is 1. The monoisotopic (exact) mass is 492 g/mol. The molecule has 6 rings (SSSR count). The van der Waals surface area contributed by atoms with E-state index in [1.807, 2.05) is 24.3 Å². The minimum atomic E-state index is -1.34. The zero-order valence-corrected chi connectivity index (χ0v) is 19.5. The molecule has 1 aliphatic carbocycles. The minimum absolute atomic E-state index is 0.213. The van der Waals surface area contributed by atoms with E-state index >= 15 is 4.39 Å².